The Bertz CT molecular complexity index is 1380. The van der Waals surface area contributed by atoms with Crippen molar-refractivity contribution in [1.82, 2.24) is 4.98 Å². The minimum atomic E-state index is 0.775. The Morgan fingerprint density at radius 1 is 0.774 bits per heavy atom. The minimum absolute atomic E-state index is 0.775. The Labute approximate surface area is 188 Å². The van der Waals surface area contributed by atoms with Crippen LogP contribution in [0.3, 0.4) is 0 Å². The fraction of sp³-hybridized carbons (Fsp3) is 0.107. The molecule has 0 bridgehead atoms. The molecule has 4 rings (SSSR count). The number of fused-ring (bicyclic) bond motifs is 1. The molecule has 2 nitrogen and oxygen atoms in total. The van der Waals surface area contributed by atoms with Gasteiger partial charge in [-0.05, 0) is 78.8 Å². The molecule has 1 N–H and O–H groups in total. The molecule has 1 heterocycles. The van der Waals surface area contributed by atoms with Gasteiger partial charge < -0.3 is 4.98 Å². The summed E-state index contributed by atoms with van der Waals surface area (Å²) < 4.78 is 0. The van der Waals surface area contributed by atoms with E-state index in [1.807, 2.05) is 48.7 Å². The largest absolute Gasteiger partial charge is 0.360 e. The number of rotatable bonds is 3. The monoisotopic (exact) mass is 416 g/mol. The second-order valence-corrected chi connectivity index (χ2v) is 7.31. The average molecular weight is 417 g/mol. The molecule has 31 heavy (non-hydrogen) atoms. The van der Waals surface area contributed by atoms with E-state index in [-0.39, 0.29) is 0 Å². The van der Waals surface area contributed by atoms with E-state index in [0.717, 1.165) is 51.7 Å². The van der Waals surface area contributed by atoms with Gasteiger partial charge in [0.15, 0.2) is 0 Å². The van der Waals surface area contributed by atoms with E-state index < -0.39 is 0 Å². The van der Waals surface area contributed by atoms with Gasteiger partial charge in [-0.3, -0.25) is 0 Å². The Kier molecular flexibility index (Phi) is 6.41. The summed E-state index contributed by atoms with van der Waals surface area (Å²) in [5.74, 6) is 13.1. The normalized spacial score (nSPS) is 9.84. The van der Waals surface area contributed by atoms with Crippen molar-refractivity contribution in [3.8, 4) is 23.7 Å². The number of aromatic nitrogens is 1. The van der Waals surface area contributed by atoms with Crippen LogP contribution in [0, 0.1) is 23.7 Å². The molecular weight excluding hydrogens is 396 g/mol. The Hall–Kier alpha value is -3.88. The highest BCUT2D eigenvalue weighted by atomic mass is 32.1. The number of aryl methyl sites for hydroxylation is 1. The van der Waals surface area contributed by atoms with Crippen molar-refractivity contribution >= 4 is 34.0 Å². The molecular formula is C28H20N2S. The zero-order valence-corrected chi connectivity index (χ0v) is 18.0. The summed E-state index contributed by atoms with van der Waals surface area (Å²) in [6.45, 7) is 2.19. The van der Waals surface area contributed by atoms with Gasteiger partial charge in [0.25, 0.3) is 0 Å². The molecule has 0 saturated heterocycles. The molecule has 0 aliphatic heterocycles. The van der Waals surface area contributed by atoms with Gasteiger partial charge in [-0.25, -0.2) is 0 Å². The number of thiocarbonyl (C=S) groups is 1. The van der Waals surface area contributed by atoms with Crippen LogP contribution in [0.2, 0.25) is 0 Å². The lowest BCUT2D eigenvalue weighted by atomic mass is 10.0. The maximum atomic E-state index is 4.63. The first-order valence-electron chi connectivity index (χ1n) is 10.2. The van der Waals surface area contributed by atoms with Gasteiger partial charge >= 0.3 is 0 Å². The smallest absolute Gasteiger partial charge is 0.0740 e. The third kappa shape index (κ3) is 5.00. The second-order valence-electron chi connectivity index (χ2n) is 7.12. The highest BCUT2D eigenvalue weighted by molar-refractivity contribution is 7.78. The number of aliphatic imine (C=N–C) groups is 1. The highest BCUT2D eigenvalue weighted by Crippen LogP contribution is 2.21. The van der Waals surface area contributed by atoms with Crippen LogP contribution in [0.25, 0.3) is 10.9 Å². The number of hydrogen-bond acceptors (Lipinski definition) is 2. The van der Waals surface area contributed by atoms with Crippen LogP contribution in [-0.4, -0.2) is 10.1 Å². The van der Waals surface area contributed by atoms with Gasteiger partial charge in [0.05, 0.1) is 16.4 Å². The van der Waals surface area contributed by atoms with Crippen LogP contribution in [0.5, 0.6) is 0 Å². The number of benzene rings is 3. The average Bonchev–Trinajstić information content (AvgIpc) is 3.29. The van der Waals surface area contributed by atoms with E-state index in [1.54, 1.807) is 0 Å². The van der Waals surface area contributed by atoms with Crippen LogP contribution < -0.4 is 0 Å². The zero-order chi connectivity index (χ0) is 21.5. The molecule has 0 spiro atoms. The number of aromatic amines is 1. The molecule has 3 heteroatoms. The van der Waals surface area contributed by atoms with Crippen molar-refractivity contribution in [2.75, 3.05) is 0 Å². The standard InChI is InChI=1S/C28H20N2S/c1-2-3-21-4-6-22(7-5-21)9-13-25-15-14-24(27-18-19-29-28(25)27)12-8-23-10-16-26(17-11-23)30-20-31/h4-7,10-11,14-19,29H,2-3H2,1H3. The molecule has 4 aromatic rings. The van der Waals surface area contributed by atoms with Crippen LogP contribution in [0.4, 0.5) is 5.69 Å². The molecule has 0 aliphatic carbocycles. The second kappa shape index (κ2) is 9.75. The van der Waals surface area contributed by atoms with Crippen LogP contribution in [0.1, 0.15) is 41.2 Å². The fourth-order valence-electron chi connectivity index (χ4n) is 3.36. The Morgan fingerprint density at radius 3 is 2.10 bits per heavy atom. The summed E-state index contributed by atoms with van der Waals surface area (Å²) in [5, 5.41) is 3.44. The Morgan fingerprint density at radius 2 is 1.42 bits per heavy atom. The molecule has 0 fully saturated rings. The summed E-state index contributed by atoms with van der Waals surface area (Å²) in [6.07, 6.45) is 4.18. The third-order valence-electron chi connectivity index (χ3n) is 4.94. The van der Waals surface area contributed by atoms with Gasteiger partial charge in [0.2, 0.25) is 0 Å². The summed E-state index contributed by atoms with van der Waals surface area (Å²) >= 11 is 4.63. The number of H-pyrrole nitrogens is 1. The number of hydrogen-bond donors (Lipinski definition) is 1. The molecule has 0 amide bonds. The minimum Gasteiger partial charge on any atom is -0.360 e. The van der Waals surface area contributed by atoms with Crippen molar-refractivity contribution in [2.45, 2.75) is 19.8 Å². The molecule has 0 aliphatic rings. The van der Waals surface area contributed by atoms with E-state index >= 15 is 0 Å². The molecule has 1 aromatic heterocycles. The van der Waals surface area contributed by atoms with E-state index in [4.69, 9.17) is 0 Å². The van der Waals surface area contributed by atoms with Gasteiger partial charge in [-0.15, -0.1) is 0 Å². The maximum absolute atomic E-state index is 4.63. The number of isothiocyanates is 1. The van der Waals surface area contributed by atoms with E-state index in [2.05, 4.69) is 82.2 Å². The zero-order valence-electron chi connectivity index (χ0n) is 17.2. The van der Waals surface area contributed by atoms with Crippen molar-refractivity contribution in [3.63, 3.8) is 0 Å². The lowest BCUT2D eigenvalue weighted by Gasteiger charge is -1.99. The summed E-state index contributed by atoms with van der Waals surface area (Å²) in [7, 11) is 0. The maximum Gasteiger partial charge on any atom is 0.0740 e. The predicted molar refractivity (Wildman–Crippen MR) is 132 cm³/mol. The highest BCUT2D eigenvalue weighted by Gasteiger charge is 2.04. The number of nitrogens with one attached hydrogen (secondary N) is 1. The summed E-state index contributed by atoms with van der Waals surface area (Å²) in [4.78, 5) is 7.27. The van der Waals surface area contributed by atoms with Crippen LogP contribution >= 0.6 is 12.2 Å². The summed E-state index contributed by atoms with van der Waals surface area (Å²) in [5.41, 5.74) is 7.00. The quantitative estimate of drug-likeness (QED) is 0.226. The Balaban J connectivity index is 1.60. The lowest BCUT2D eigenvalue weighted by molar-refractivity contribution is 0.922. The van der Waals surface area contributed by atoms with Crippen LogP contribution in [0.15, 0.2) is 77.9 Å². The van der Waals surface area contributed by atoms with Gasteiger partial charge in [0, 0.05) is 33.8 Å². The van der Waals surface area contributed by atoms with Crippen molar-refractivity contribution in [2.24, 2.45) is 4.99 Å². The number of nitrogens with zero attached hydrogens (tertiary/aromatic N) is 1. The molecule has 0 saturated carbocycles. The molecule has 148 valence electrons. The molecule has 0 unspecified atom stereocenters. The van der Waals surface area contributed by atoms with E-state index in [9.17, 15) is 0 Å². The first kappa shape index (κ1) is 20.4. The summed E-state index contributed by atoms with van der Waals surface area (Å²) in [6, 6.07) is 22.2. The first-order valence-corrected chi connectivity index (χ1v) is 10.6. The lowest BCUT2D eigenvalue weighted by Crippen LogP contribution is -1.85. The molecule has 0 radical (unpaired) electrons. The topological polar surface area (TPSA) is 28.1 Å². The fourth-order valence-corrected chi connectivity index (χ4v) is 3.47. The van der Waals surface area contributed by atoms with Crippen LogP contribution in [-0.2, 0) is 6.42 Å². The van der Waals surface area contributed by atoms with Gasteiger partial charge in [-0.2, -0.15) is 4.99 Å². The third-order valence-corrected chi connectivity index (χ3v) is 5.03. The van der Waals surface area contributed by atoms with Gasteiger partial charge in [0.1, 0.15) is 0 Å². The molecule has 3 aromatic carbocycles. The van der Waals surface area contributed by atoms with Crippen molar-refractivity contribution in [1.29, 1.82) is 0 Å². The van der Waals surface area contributed by atoms with E-state index in [1.165, 1.54) is 5.56 Å². The predicted octanol–water partition coefficient (Wildman–Crippen LogP) is 6.65. The van der Waals surface area contributed by atoms with Crippen molar-refractivity contribution in [3.05, 3.63) is 101 Å². The first-order chi connectivity index (χ1) is 15.3. The van der Waals surface area contributed by atoms with Crippen molar-refractivity contribution < 1.29 is 0 Å². The van der Waals surface area contributed by atoms with Gasteiger partial charge in [-0.1, -0.05) is 49.2 Å². The van der Waals surface area contributed by atoms with E-state index in [0.29, 0.717) is 0 Å². The molecule has 0 atom stereocenters. The SMILES string of the molecule is CCCc1ccc(C#Cc2ccc(C#Cc3ccc(N=C=S)cc3)c3cc[nH]c23)cc1.